The SMILES string of the molecule is CS(=O)(=O)N(CCCC(=O)Nc1cccc([N+](=O)[O-])c1)c1cccc(C(F)(F)F)c1. The third-order valence-corrected chi connectivity index (χ3v) is 5.16. The first kappa shape index (κ1) is 23.1. The standard InChI is InChI=1S/C18H18F3N3O5S/c1-30(28,29)23(15-7-2-5-13(11-15)18(19,20)21)10-4-9-17(25)22-14-6-3-8-16(12-14)24(26)27/h2-3,5-8,11-12H,4,9-10H2,1H3,(H,22,25). The minimum Gasteiger partial charge on any atom is -0.326 e. The van der Waals surface area contributed by atoms with Crippen molar-refractivity contribution in [2.24, 2.45) is 0 Å². The van der Waals surface area contributed by atoms with Gasteiger partial charge in [0.2, 0.25) is 15.9 Å². The number of nitro benzene ring substituents is 1. The van der Waals surface area contributed by atoms with Gasteiger partial charge in [-0.1, -0.05) is 12.1 Å². The van der Waals surface area contributed by atoms with E-state index in [9.17, 15) is 36.5 Å². The number of sulfonamides is 1. The van der Waals surface area contributed by atoms with Crippen LogP contribution in [-0.2, 0) is 21.0 Å². The van der Waals surface area contributed by atoms with E-state index < -0.39 is 32.6 Å². The predicted octanol–water partition coefficient (Wildman–Crippen LogP) is 3.80. The lowest BCUT2D eigenvalue weighted by molar-refractivity contribution is -0.384. The zero-order valence-electron chi connectivity index (χ0n) is 15.7. The highest BCUT2D eigenvalue weighted by molar-refractivity contribution is 7.92. The number of nitrogens with one attached hydrogen (secondary N) is 1. The number of benzene rings is 2. The van der Waals surface area contributed by atoms with Crippen molar-refractivity contribution >= 4 is 33.0 Å². The van der Waals surface area contributed by atoms with Gasteiger partial charge in [0, 0.05) is 30.8 Å². The van der Waals surface area contributed by atoms with Crippen molar-refractivity contribution in [3.8, 4) is 0 Å². The Morgan fingerprint density at radius 2 is 1.83 bits per heavy atom. The Morgan fingerprint density at radius 3 is 2.43 bits per heavy atom. The van der Waals surface area contributed by atoms with Crippen LogP contribution in [0.3, 0.4) is 0 Å². The number of nitro groups is 1. The van der Waals surface area contributed by atoms with E-state index in [0.717, 1.165) is 28.8 Å². The molecule has 0 aliphatic rings. The third kappa shape index (κ3) is 6.44. The average Bonchev–Trinajstić information content (AvgIpc) is 2.64. The van der Waals surface area contributed by atoms with Gasteiger partial charge in [0.1, 0.15) is 0 Å². The number of carbonyl (C=O) groups is 1. The number of hydrogen-bond acceptors (Lipinski definition) is 5. The largest absolute Gasteiger partial charge is 0.416 e. The second kappa shape index (κ2) is 9.11. The molecule has 0 radical (unpaired) electrons. The summed E-state index contributed by atoms with van der Waals surface area (Å²) in [5.41, 5.74) is -1.16. The van der Waals surface area contributed by atoms with Crippen LogP contribution in [0, 0.1) is 10.1 Å². The Labute approximate surface area is 170 Å². The molecule has 8 nitrogen and oxygen atoms in total. The van der Waals surface area contributed by atoms with Crippen molar-refractivity contribution in [3.05, 3.63) is 64.2 Å². The van der Waals surface area contributed by atoms with Crippen molar-refractivity contribution in [1.29, 1.82) is 0 Å². The highest BCUT2D eigenvalue weighted by atomic mass is 32.2. The Kier molecular flexibility index (Phi) is 7.03. The van der Waals surface area contributed by atoms with Crippen molar-refractivity contribution < 1.29 is 31.3 Å². The number of alkyl halides is 3. The number of nitrogens with zero attached hydrogens (tertiary/aromatic N) is 2. The van der Waals surface area contributed by atoms with Gasteiger partial charge in [-0.3, -0.25) is 19.2 Å². The fraction of sp³-hybridized carbons (Fsp3) is 0.278. The van der Waals surface area contributed by atoms with Crippen LogP contribution in [-0.4, -0.2) is 32.0 Å². The van der Waals surface area contributed by atoms with Crippen LogP contribution in [0.2, 0.25) is 0 Å². The summed E-state index contributed by atoms with van der Waals surface area (Å²) in [7, 11) is -3.89. The molecule has 0 saturated carbocycles. The molecule has 162 valence electrons. The highest BCUT2D eigenvalue weighted by Gasteiger charge is 2.31. The maximum absolute atomic E-state index is 12.9. The molecular formula is C18H18F3N3O5S. The van der Waals surface area contributed by atoms with Gasteiger partial charge in [-0.2, -0.15) is 13.2 Å². The van der Waals surface area contributed by atoms with Crippen LogP contribution in [0.5, 0.6) is 0 Å². The number of amides is 1. The van der Waals surface area contributed by atoms with E-state index in [4.69, 9.17) is 0 Å². The number of hydrogen-bond donors (Lipinski definition) is 1. The van der Waals surface area contributed by atoms with Crippen molar-refractivity contribution in [2.45, 2.75) is 19.0 Å². The molecule has 0 aromatic heterocycles. The van der Waals surface area contributed by atoms with Gasteiger partial charge >= 0.3 is 6.18 Å². The third-order valence-electron chi connectivity index (χ3n) is 3.97. The summed E-state index contributed by atoms with van der Waals surface area (Å²) >= 11 is 0. The van der Waals surface area contributed by atoms with Crippen molar-refractivity contribution in [1.82, 2.24) is 0 Å². The zero-order valence-corrected chi connectivity index (χ0v) is 16.5. The van der Waals surface area contributed by atoms with Gasteiger partial charge in [0.15, 0.2) is 0 Å². The lowest BCUT2D eigenvalue weighted by Crippen LogP contribution is -2.31. The topological polar surface area (TPSA) is 110 Å². The minimum absolute atomic E-state index is 0.0179. The van der Waals surface area contributed by atoms with Crippen LogP contribution in [0.1, 0.15) is 18.4 Å². The maximum Gasteiger partial charge on any atom is 0.416 e. The fourth-order valence-corrected chi connectivity index (χ4v) is 3.58. The number of anilines is 2. The van der Waals surface area contributed by atoms with Gasteiger partial charge in [-0.05, 0) is 30.7 Å². The first-order valence-corrected chi connectivity index (χ1v) is 10.4. The van der Waals surface area contributed by atoms with Crippen LogP contribution in [0.25, 0.3) is 0 Å². The van der Waals surface area contributed by atoms with Gasteiger partial charge in [-0.25, -0.2) is 8.42 Å². The van der Waals surface area contributed by atoms with Crippen LogP contribution in [0.15, 0.2) is 48.5 Å². The lowest BCUT2D eigenvalue weighted by Gasteiger charge is -2.23. The quantitative estimate of drug-likeness (QED) is 0.491. The Balaban J connectivity index is 2.05. The van der Waals surface area contributed by atoms with E-state index in [1.807, 2.05) is 0 Å². The molecule has 0 atom stereocenters. The van der Waals surface area contributed by atoms with Gasteiger partial charge < -0.3 is 5.32 Å². The first-order valence-electron chi connectivity index (χ1n) is 8.57. The van der Waals surface area contributed by atoms with Crippen LogP contribution >= 0.6 is 0 Å². The average molecular weight is 445 g/mol. The molecule has 0 heterocycles. The van der Waals surface area contributed by atoms with E-state index in [-0.39, 0.29) is 36.4 Å². The molecule has 2 aromatic carbocycles. The van der Waals surface area contributed by atoms with E-state index >= 15 is 0 Å². The second-order valence-electron chi connectivity index (χ2n) is 6.34. The predicted molar refractivity (Wildman–Crippen MR) is 105 cm³/mol. The van der Waals surface area contributed by atoms with E-state index in [1.54, 1.807) is 0 Å². The first-order chi connectivity index (χ1) is 13.9. The fourth-order valence-electron chi connectivity index (χ4n) is 2.63. The number of non-ortho nitro benzene ring substituents is 1. The molecule has 2 rings (SSSR count). The summed E-state index contributed by atoms with van der Waals surface area (Å²) in [6.45, 7) is -0.220. The maximum atomic E-state index is 12.9. The van der Waals surface area contributed by atoms with Gasteiger partial charge in [0.05, 0.1) is 22.4 Å². The molecule has 1 amide bonds. The minimum atomic E-state index is -4.63. The van der Waals surface area contributed by atoms with E-state index in [0.29, 0.717) is 0 Å². The molecule has 0 saturated heterocycles. The normalized spacial score (nSPS) is 11.7. The Hall–Kier alpha value is -3.15. The summed E-state index contributed by atoms with van der Waals surface area (Å²) in [5.74, 6) is -0.520. The lowest BCUT2D eigenvalue weighted by atomic mass is 10.2. The van der Waals surface area contributed by atoms with Gasteiger partial charge in [0.25, 0.3) is 5.69 Å². The van der Waals surface area contributed by atoms with E-state index in [1.165, 1.54) is 30.3 Å². The molecule has 0 aliphatic carbocycles. The molecule has 0 fully saturated rings. The molecule has 12 heteroatoms. The molecular weight excluding hydrogens is 427 g/mol. The number of carbonyl (C=O) groups excluding carboxylic acids is 1. The van der Waals surface area contributed by atoms with Crippen molar-refractivity contribution in [2.75, 3.05) is 22.4 Å². The molecule has 0 unspecified atom stereocenters. The summed E-state index contributed by atoms with van der Waals surface area (Å²) in [6, 6.07) is 9.17. The smallest absolute Gasteiger partial charge is 0.326 e. The monoisotopic (exact) mass is 445 g/mol. The number of halogens is 3. The van der Waals surface area contributed by atoms with E-state index in [2.05, 4.69) is 5.32 Å². The second-order valence-corrected chi connectivity index (χ2v) is 8.25. The van der Waals surface area contributed by atoms with Crippen LogP contribution in [0.4, 0.5) is 30.2 Å². The molecule has 30 heavy (non-hydrogen) atoms. The summed E-state index contributed by atoms with van der Waals surface area (Å²) < 4.78 is 63.6. The van der Waals surface area contributed by atoms with Crippen LogP contribution < -0.4 is 9.62 Å². The summed E-state index contributed by atoms with van der Waals surface area (Å²) in [6.07, 6.45) is -3.90. The molecule has 1 N–H and O–H groups in total. The molecule has 0 aliphatic heterocycles. The Bertz CT molecular complexity index is 1040. The molecule has 0 bridgehead atoms. The zero-order chi connectivity index (χ0) is 22.5. The molecule has 2 aromatic rings. The Morgan fingerprint density at radius 1 is 1.17 bits per heavy atom. The highest BCUT2D eigenvalue weighted by Crippen LogP contribution is 2.32. The molecule has 0 spiro atoms. The van der Waals surface area contributed by atoms with Crippen molar-refractivity contribution in [3.63, 3.8) is 0 Å². The summed E-state index contributed by atoms with van der Waals surface area (Å²) in [4.78, 5) is 22.2. The van der Waals surface area contributed by atoms with Gasteiger partial charge in [-0.15, -0.1) is 0 Å². The summed E-state index contributed by atoms with van der Waals surface area (Å²) in [5, 5.41) is 13.2. The number of rotatable bonds is 8.